The van der Waals surface area contributed by atoms with Crippen molar-refractivity contribution in [3.05, 3.63) is 0 Å². The van der Waals surface area contributed by atoms with Crippen molar-refractivity contribution in [1.29, 1.82) is 0 Å². The molecule has 0 radical (unpaired) electrons. The van der Waals surface area contributed by atoms with Gasteiger partial charge in [0.1, 0.15) is 5.78 Å². The molecule has 0 bridgehead atoms. The van der Waals surface area contributed by atoms with E-state index in [1.54, 1.807) is 0 Å². The molecule has 0 aromatic carbocycles. The fourth-order valence-electron chi connectivity index (χ4n) is 2.74. The third-order valence-corrected chi connectivity index (χ3v) is 5.22. The van der Waals surface area contributed by atoms with Crippen LogP contribution in [0, 0.1) is 17.8 Å². The van der Waals surface area contributed by atoms with Crippen molar-refractivity contribution in [2.75, 3.05) is 5.75 Å². The maximum atomic E-state index is 11.3. The lowest BCUT2D eigenvalue weighted by molar-refractivity contribution is -0.117. The molecule has 1 aliphatic heterocycles. The second-order valence-electron chi connectivity index (χ2n) is 5.21. The lowest BCUT2D eigenvalue weighted by atomic mass is 9.91. The van der Waals surface area contributed by atoms with Gasteiger partial charge in [-0.25, -0.2) is 0 Å². The maximum Gasteiger partial charge on any atom is 0.133 e. The zero-order chi connectivity index (χ0) is 10.1. The Morgan fingerprint density at radius 3 is 2.93 bits per heavy atom. The van der Waals surface area contributed by atoms with E-state index in [2.05, 4.69) is 25.6 Å². The normalized spacial score (nSPS) is 36.8. The summed E-state index contributed by atoms with van der Waals surface area (Å²) < 4.78 is 0. The van der Waals surface area contributed by atoms with E-state index in [1.807, 2.05) is 0 Å². The van der Waals surface area contributed by atoms with Gasteiger partial charge in [-0.2, -0.15) is 11.8 Å². The van der Waals surface area contributed by atoms with Gasteiger partial charge < -0.3 is 0 Å². The Kier molecular flexibility index (Phi) is 3.20. The van der Waals surface area contributed by atoms with E-state index in [9.17, 15) is 4.79 Å². The molecule has 0 N–H and O–H groups in total. The molecule has 1 saturated heterocycles. The molecular formula is C12H20OS. The van der Waals surface area contributed by atoms with Gasteiger partial charge in [0.15, 0.2) is 0 Å². The van der Waals surface area contributed by atoms with Gasteiger partial charge in [-0.1, -0.05) is 13.8 Å². The third kappa shape index (κ3) is 2.16. The van der Waals surface area contributed by atoms with Gasteiger partial charge in [-0.05, 0) is 36.3 Å². The number of Topliss-reactive ketones (excluding diaryl/α,β-unsaturated/α-hetero) is 1. The number of hydrogen-bond donors (Lipinski definition) is 0. The fraction of sp³-hybridized carbons (Fsp3) is 0.917. The molecule has 1 saturated carbocycles. The quantitative estimate of drug-likeness (QED) is 0.715. The number of rotatable bonds is 3. The molecule has 2 heteroatoms. The van der Waals surface area contributed by atoms with E-state index in [1.165, 1.54) is 18.6 Å². The summed E-state index contributed by atoms with van der Waals surface area (Å²) in [6.07, 6.45) is 4.43. The van der Waals surface area contributed by atoms with Crippen LogP contribution in [0.5, 0.6) is 0 Å². The molecule has 0 spiro atoms. The Balaban J connectivity index is 1.86. The van der Waals surface area contributed by atoms with E-state index in [0.717, 1.165) is 35.8 Å². The van der Waals surface area contributed by atoms with Crippen molar-refractivity contribution >= 4 is 17.5 Å². The van der Waals surface area contributed by atoms with Gasteiger partial charge >= 0.3 is 0 Å². The first-order valence-corrected chi connectivity index (χ1v) is 6.85. The van der Waals surface area contributed by atoms with Crippen molar-refractivity contribution in [2.24, 2.45) is 17.8 Å². The lowest BCUT2D eigenvalue weighted by Gasteiger charge is -2.17. The Hall–Kier alpha value is 0.0200. The molecule has 1 aliphatic carbocycles. The van der Waals surface area contributed by atoms with Gasteiger partial charge in [-0.3, -0.25) is 4.79 Å². The third-order valence-electron chi connectivity index (χ3n) is 3.59. The average molecular weight is 212 g/mol. The van der Waals surface area contributed by atoms with E-state index in [-0.39, 0.29) is 0 Å². The first-order valence-electron chi connectivity index (χ1n) is 5.80. The second-order valence-corrected chi connectivity index (χ2v) is 6.49. The van der Waals surface area contributed by atoms with Crippen LogP contribution >= 0.6 is 11.8 Å². The Morgan fingerprint density at radius 2 is 2.21 bits per heavy atom. The van der Waals surface area contributed by atoms with E-state index >= 15 is 0 Å². The topological polar surface area (TPSA) is 17.1 Å². The lowest BCUT2D eigenvalue weighted by Crippen LogP contribution is -2.14. The first kappa shape index (κ1) is 10.5. The predicted octanol–water partition coefficient (Wildman–Crippen LogP) is 3.13. The summed E-state index contributed by atoms with van der Waals surface area (Å²) in [5.41, 5.74) is 0. The molecule has 0 aromatic rings. The van der Waals surface area contributed by atoms with E-state index in [0.29, 0.717) is 5.78 Å². The van der Waals surface area contributed by atoms with E-state index in [4.69, 9.17) is 0 Å². The molecular weight excluding hydrogens is 192 g/mol. The van der Waals surface area contributed by atoms with Gasteiger partial charge in [0.05, 0.1) is 0 Å². The molecule has 3 atom stereocenters. The number of ketones is 1. The molecule has 2 fully saturated rings. The number of carbonyl (C=O) groups excluding carboxylic acids is 1. The fourth-order valence-corrected chi connectivity index (χ4v) is 4.47. The minimum Gasteiger partial charge on any atom is -0.300 e. The number of hydrogen-bond acceptors (Lipinski definition) is 2. The van der Waals surface area contributed by atoms with Crippen molar-refractivity contribution in [3.8, 4) is 0 Å². The van der Waals surface area contributed by atoms with Crippen molar-refractivity contribution < 1.29 is 4.79 Å². The Morgan fingerprint density at radius 1 is 1.43 bits per heavy atom. The summed E-state index contributed by atoms with van der Waals surface area (Å²) in [6.45, 7) is 4.58. The highest BCUT2D eigenvalue weighted by molar-refractivity contribution is 8.00. The molecule has 1 nitrogen and oxygen atoms in total. The highest BCUT2D eigenvalue weighted by Gasteiger charge is 2.42. The molecule has 14 heavy (non-hydrogen) atoms. The summed E-state index contributed by atoms with van der Waals surface area (Å²) in [5.74, 6) is 4.07. The number of carbonyl (C=O) groups is 1. The molecule has 80 valence electrons. The first-order chi connectivity index (χ1) is 6.66. The van der Waals surface area contributed by atoms with Crippen LogP contribution in [-0.2, 0) is 4.79 Å². The average Bonchev–Trinajstić information content (AvgIpc) is 2.60. The van der Waals surface area contributed by atoms with Crippen molar-refractivity contribution in [2.45, 2.75) is 44.8 Å². The van der Waals surface area contributed by atoms with Crippen LogP contribution in [0.3, 0.4) is 0 Å². The Labute approximate surface area is 91.0 Å². The smallest absolute Gasteiger partial charge is 0.133 e. The minimum atomic E-state index is 0.523. The van der Waals surface area contributed by atoms with Crippen LogP contribution < -0.4 is 0 Å². The van der Waals surface area contributed by atoms with Gasteiger partial charge in [0.2, 0.25) is 0 Å². The summed E-state index contributed by atoms with van der Waals surface area (Å²) in [6, 6.07) is 0. The van der Waals surface area contributed by atoms with Crippen LogP contribution in [0.4, 0.5) is 0 Å². The summed E-state index contributed by atoms with van der Waals surface area (Å²) >= 11 is 2.13. The molecule has 1 heterocycles. The molecule has 0 aromatic heterocycles. The zero-order valence-electron chi connectivity index (χ0n) is 9.16. The summed E-state index contributed by atoms with van der Waals surface area (Å²) in [7, 11) is 0. The summed E-state index contributed by atoms with van der Waals surface area (Å²) in [4.78, 5) is 11.3. The molecule has 1 unspecified atom stereocenters. The standard InChI is InChI=1S/C12H20OS/c1-8(2)3-4-12-11-6-10(13)5-9(11)7-14-12/h8-9,11-12H,3-7H2,1-2H3/t9-,11-,12?/m1/s1. The Bertz CT molecular complexity index is 224. The van der Waals surface area contributed by atoms with Crippen LogP contribution in [0.25, 0.3) is 0 Å². The van der Waals surface area contributed by atoms with Crippen molar-refractivity contribution in [1.82, 2.24) is 0 Å². The van der Waals surface area contributed by atoms with Crippen LogP contribution in [0.2, 0.25) is 0 Å². The number of thioether (sulfide) groups is 1. The van der Waals surface area contributed by atoms with E-state index < -0.39 is 0 Å². The van der Waals surface area contributed by atoms with Crippen molar-refractivity contribution in [3.63, 3.8) is 0 Å². The van der Waals surface area contributed by atoms with Gasteiger partial charge in [0, 0.05) is 18.1 Å². The largest absolute Gasteiger partial charge is 0.300 e. The van der Waals surface area contributed by atoms with Crippen LogP contribution in [0.15, 0.2) is 0 Å². The van der Waals surface area contributed by atoms with Crippen LogP contribution in [0.1, 0.15) is 39.5 Å². The second kappa shape index (κ2) is 4.26. The minimum absolute atomic E-state index is 0.523. The maximum absolute atomic E-state index is 11.3. The highest BCUT2D eigenvalue weighted by atomic mass is 32.2. The zero-order valence-corrected chi connectivity index (χ0v) is 9.98. The molecule has 2 aliphatic rings. The predicted molar refractivity (Wildman–Crippen MR) is 61.5 cm³/mol. The van der Waals surface area contributed by atoms with Gasteiger partial charge in [0.25, 0.3) is 0 Å². The SMILES string of the molecule is CC(C)CCC1SC[C@H]2CC(=O)C[C@@H]12. The number of fused-ring (bicyclic) bond motifs is 1. The van der Waals surface area contributed by atoms with Crippen LogP contribution in [-0.4, -0.2) is 16.8 Å². The summed E-state index contributed by atoms with van der Waals surface area (Å²) in [5, 5.41) is 0.800. The molecule has 0 amide bonds. The monoisotopic (exact) mass is 212 g/mol. The van der Waals surface area contributed by atoms with Gasteiger partial charge in [-0.15, -0.1) is 0 Å². The highest BCUT2D eigenvalue weighted by Crippen LogP contribution is 2.47. The molecule has 2 rings (SSSR count).